The Labute approximate surface area is 135 Å². The molecule has 0 fully saturated rings. The molecule has 5 nitrogen and oxygen atoms in total. The van der Waals surface area contributed by atoms with Crippen LogP contribution in [-0.4, -0.2) is 26.9 Å². The first-order valence-electron chi connectivity index (χ1n) is 7.96. The maximum absolute atomic E-state index is 12.3. The molecule has 0 aliphatic heterocycles. The molecule has 0 saturated heterocycles. The van der Waals surface area contributed by atoms with Crippen LogP contribution in [0, 0.1) is 0 Å². The second kappa shape index (κ2) is 7.13. The molecular weight excluding hydrogens is 288 g/mol. The second-order valence-corrected chi connectivity index (χ2v) is 5.76. The largest absolute Gasteiger partial charge is 0.346 e. The van der Waals surface area contributed by atoms with Gasteiger partial charge in [-0.15, -0.1) is 0 Å². The van der Waals surface area contributed by atoms with Crippen LogP contribution in [0.1, 0.15) is 43.0 Å². The van der Waals surface area contributed by atoms with E-state index < -0.39 is 0 Å². The minimum Gasteiger partial charge on any atom is -0.346 e. The van der Waals surface area contributed by atoms with Gasteiger partial charge in [0.25, 0.3) is 5.91 Å². The van der Waals surface area contributed by atoms with Gasteiger partial charge < -0.3 is 5.32 Å². The molecule has 2 aromatic rings. The topological polar surface area (TPSA) is 67.8 Å². The van der Waals surface area contributed by atoms with Crippen molar-refractivity contribution in [3.63, 3.8) is 0 Å². The van der Waals surface area contributed by atoms with Gasteiger partial charge in [0.05, 0.1) is 5.56 Å². The van der Waals surface area contributed by atoms with Crippen molar-refractivity contribution >= 4 is 5.91 Å². The van der Waals surface area contributed by atoms with Crippen LogP contribution >= 0.6 is 0 Å². The lowest BCUT2D eigenvalue weighted by atomic mass is 9.94. The molecule has 2 aromatic heterocycles. The number of hydrogen-bond acceptors (Lipinski definition) is 4. The van der Waals surface area contributed by atoms with E-state index >= 15 is 0 Å². The molecule has 0 radical (unpaired) electrons. The van der Waals surface area contributed by atoms with E-state index in [0.717, 1.165) is 18.4 Å². The van der Waals surface area contributed by atoms with E-state index in [1.54, 1.807) is 24.8 Å². The van der Waals surface area contributed by atoms with Crippen LogP contribution in [0.5, 0.6) is 0 Å². The molecule has 0 spiro atoms. The molecule has 118 valence electrons. The van der Waals surface area contributed by atoms with Crippen molar-refractivity contribution in [1.29, 1.82) is 0 Å². The summed E-state index contributed by atoms with van der Waals surface area (Å²) in [4.78, 5) is 24.9. The summed E-state index contributed by atoms with van der Waals surface area (Å²) in [7, 11) is 0. The Morgan fingerprint density at radius 2 is 2.04 bits per heavy atom. The molecule has 0 aromatic carbocycles. The summed E-state index contributed by atoms with van der Waals surface area (Å²) in [6.07, 6.45) is 13.4. The first-order chi connectivity index (χ1) is 11.2. The molecule has 0 saturated carbocycles. The molecule has 0 bridgehead atoms. The number of carbonyl (C=O) groups is 1. The van der Waals surface area contributed by atoms with Crippen LogP contribution in [0.25, 0.3) is 11.4 Å². The van der Waals surface area contributed by atoms with E-state index in [4.69, 9.17) is 0 Å². The number of carbonyl (C=O) groups excluding carboxylic acids is 1. The Hall–Kier alpha value is -2.56. The van der Waals surface area contributed by atoms with Gasteiger partial charge in [-0.2, -0.15) is 0 Å². The maximum Gasteiger partial charge on any atom is 0.254 e. The normalized spacial score (nSPS) is 15.6. The number of allylic oxidation sites excluding steroid dienone is 1. The number of rotatable bonds is 4. The van der Waals surface area contributed by atoms with Crippen molar-refractivity contribution in [2.75, 3.05) is 0 Å². The number of nitrogens with zero attached hydrogens (tertiary/aromatic N) is 3. The Morgan fingerprint density at radius 1 is 1.22 bits per heavy atom. The van der Waals surface area contributed by atoms with Crippen LogP contribution in [0.4, 0.5) is 0 Å². The zero-order valence-corrected chi connectivity index (χ0v) is 13.2. The summed E-state index contributed by atoms with van der Waals surface area (Å²) in [6, 6.07) is 3.78. The average Bonchev–Trinajstić information content (AvgIpc) is 2.63. The fourth-order valence-electron chi connectivity index (χ4n) is 2.72. The van der Waals surface area contributed by atoms with Gasteiger partial charge in [0.1, 0.15) is 0 Å². The quantitative estimate of drug-likeness (QED) is 0.881. The Bertz CT molecular complexity index is 695. The molecule has 1 atom stereocenters. The van der Waals surface area contributed by atoms with Gasteiger partial charge in [-0.1, -0.05) is 11.6 Å². The smallest absolute Gasteiger partial charge is 0.254 e. The average molecular weight is 308 g/mol. The molecule has 3 rings (SSSR count). The molecule has 0 unspecified atom stereocenters. The molecule has 2 heterocycles. The van der Waals surface area contributed by atoms with Crippen molar-refractivity contribution in [3.05, 3.63) is 54.1 Å². The Kier molecular flexibility index (Phi) is 4.76. The third-order valence-electron chi connectivity index (χ3n) is 4.06. The van der Waals surface area contributed by atoms with Gasteiger partial charge in [-0.25, -0.2) is 9.97 Å². The number of hydrogen-bond donors (Lipinski definition) is 1. The number of nitrogens with one attached hydrogen (secondary N) is 1. The number of pyridine rings is 1. The highest BCUT2D eigenvalue weighted by Gasteiger charge is 2.15. The van der Waals surface area contributed by atoms with Gasteiger partial charge in [-0.3, -0.25) is 9.78 Å². The van der Waals surface area contributed by atoms with Gasteiger partial charge >= 0.3 is 0 Å². The summed E-state index contributed by atoms with van der Waals surface area (Å²) in [5.74, 6) is 0.430. The highest BCUT2D eigenvalue weighted by Crippen LogP contribution is 2.20. The van der Waals surface area contributed by atoms with E-state index in [-0.39, 0.29) is 11.9 Å². The minimum atomic E-state index is -0.137. The summed E-state index contributed by atoms with van der Waals surface area (Å²) < 4.78 is 0. The molecule has 5 heteroatoms. The lowest BCUT2D eigenvalue weighted by molar-refractivity contribution is 0.0944. The Morgan fingerprint density at radius 3 is 2.70 bits per heavy atom. The minimum absolute atomic E-state index is 0.0563. The Balaban J connectivity index is 1.67. The third kappa shape index (κ3) is 3.80. The predicted molar refractivity (Wildman–Crippen MR) is 88.7 cm³/mol. The van der Waals surface area contributed by atoms with Crippen molar-refractivity contribution < 1.29 is 4.79 Å². The third-order valence-corrected chi connectivity index (χ3v) is 4.06. The van der Waals surface area contributed by atoms with E-state index in [0.29, 0.717) is 11.4 Å². The van der Waals surface area contributed by atoms with Crippen molar-refractivity contribution in [2.45, 2.75) is 38.6 Å². The van der Waals surface area contributed by atoms with Gasteiger partial charge in [-0.05, 0) is 44.7 Å². The van der Waals surface area contributed by atoms with Crippen molar-refractivity contribution in [1.82, 2.24) is 20.3 Å². The molecule has 23 heavy (non-hydrogen) atoms. The van der Waals surface area contributed by atoms with Gasteiger partial charge in [0.15, 0.2) is 5.82 Å². The monoisotopic (exact) mass is 308 g/mol. The highest BCUT2D eigenvalue weighted by atomic mass is 16.1. The van der Waals surface area contributed by atoms with E-state index in [1.165, 1.54) is 18.4 Å². The summed E-state index contributed by atoms with van der Waals surface area (Å²) in [5, 5.41) is 3.03. The fourth-order valence-corrected chi connectivity index (χ4v) is 2.72. The fraction of sp³-hybridized carbons (Fsp3) is 0.333. The van der Waals surface area contributed by atoms with E-state index in [1.807, 2.05) is 19.1 Å². The molecule has 1 amide bonds. The van der Waals surface area contributed by atoms with Crippen LogP contribution in [0.15, 0.2) is 48.6 Å². The summed E-state index contributed by atoms with van der Waals surface area (Å²) in [5.41, 5.74) is 2.62. The highest BCUT2D eigenvalue weighted by molar-refractivity contribution is 5.94. The lowest BCUT2D eigenvalue weighted by Gasteiger charge is -2.20. The van der Waals surface area contributed by atoms with Gasteiger partial charge in [0, 0.05) is 36.4 Å². The van der Waals surface area contributed by atoms with Gasteiger partial charge in [0.2, 0.25) is 0 Å². The van der Waals surface area contributed by atoms with Crippen LogP contribution < -0.4 is 5.32 Å². The van der Waals surface area contributed by atoms with Crippen LogP contribution in [-0.2, 0) is 0 Å². The SMILES string of the molecule is C[C@H](NC(=O)c1cnc(-c2cccnc2)nc1)C1=CCCCC1. The molecular formula is C18H20N4O. The zero-order valence-electron chi connectivity index (χ0n) is 13.2. The zero-order chi connectivity index (χ0) is 16.1. The lowest BCUT2D eigenvalue weighted by Crippen LogP contribution is -2.34. The van der Waals surface area contributed by atoms with Crippen LogP contribution in [0.3, 0.4) is 0 Å². The summed E-state index contributed by atoms with van der Waals surface area (Å²) in [6.45, 7) is 2.03. The van der Waals surface area contributed by atoms with E-state index in [9.17, 15) is 4.79 Å². The van der Waals surface area contributed by atoms with Crippen molar-refractivity contribution in [2.24, 2.45) is 0 Å². The van der Waals surface area contributed by atoms with Crippen LogP contribution in [0.2, 0.25) is 0 Å². The van der Waals surface area contributed by atoms with E-state index in [2.05, 4.69) is 26.3 Å². The molecule has 1 N–H and O–H groups in total. The van der Waals surface area contributed by atoms with Crippen molar-refractivity contribution in [3.8, 4) is 11.4 Å². The molecule has 1 aliphatic rings. The standard InChI is InChI=1S/C18H20N4O/c1-13(14-6-3-2-4-7-14)22-18(23)16-11-20-17(21-12-16)15-8-5-9-19-10-15/h5-6,8-13H,2-4,7H2,1H3,(H,22,23)/t13-/m0/s1. The number of aromatic nitrogens is 3. The number of amides is 1. The second-order valence-electron chi connectivity index (χ2n) is 5.76. The first kappa shape index (κ1) is 15.3. The first-order valence-corrected chi connectivity index (χ1v) is 7.96. The summed E-state index contributed by atoms with van der Waals surface area (Å²) >= 11 is 0. The maximum atomic E-state index is 12.3. The predicted octanol–water partition coefficient (Wildman–Crippen LogP) is 3.16. The molecule has 1 aliphatic carbocycles.